The van der Waals surface area contributed by atoms with Crippen molar-refractivity contribution >= 4 is 11.9 Å². The number of hydrogen-bond acceptors (Lipinski definition) is 15. The summed E-state index contributed by atoms with van der Waals surface area (Å²) in [5.74, 6) is -0.933. The van der Waals surface area contributed by atoms with E-state index in [9.17, 15) is 45.3 Å². The van der Waals surface area contributed by atoms with Gasteiger partial charge in [0.05, 0.1) is 19.8 Å². The highest BCUT2D eigenvalue weighted by Crippen LogP contribution is 2.27. The van der Waals surface area contributed by atoms with Gasteiger partial charge >= 0.3 is 11.9 Å². The molecular weight excluding hydrogens is 925 g/mol. The van der Waals surface area contributed by atoms with Crippen LogP contribution in [0.2, 0.25) is 0 Å². The molecule has 2 aliphatic heterocycles. The van der Waals surface area contributed by atoms with Gasteiger partial charge < -0.3 is 64.2 Å². The van der Waals surface area contributed by atoms with Gasteiger partial charge in [-0.3, -0.25) is 9.59 Å². The van der Waals surface area contributed by atoms with E-state index in [0.29, 0.717) is 12.8 Å². The second-order valence-corrected chi connectivity index (χ2v) is 20.6. The first-order chi connectivity index (χ1) is 35.0. The Bertz CT molecular complexity index is 1360. The van der Waals surface area contributed by atoms with Gasteiger partial charge in [-0.1, -0.05) is 187 Å². The van der Waals surface area contributed by atoms with Gasteiger partial charge in [0.1, 0.15) is 55.4 Å². The van der Waals surface area contributed by atoms with Crippen molar-refractivity contribution < 1.29 is 73.8 Å². The standard InChI is InChI=1S/C57H104O15/c1-3-5-7-9-11-13-15-17-19-20-21-22-23-24-26-28-30-32-34-36-38-40-49(60)70-45(42-67-48(59)39-37-35-33-31-29-27-25-18-16-14-12-10-8-6-4-2)43-68-56-55(66)53(64)51(62)47(72-56)44-69-57-54(65)52(63)50(61)46(41-58)71-57/h16,25,45-47,50-58,61-66H,3-15,17,19-24,26-44H2,1-2H3/t18?,45-,46+,47+,50-,51-,52?,53?,54?,55?,56+,57+/m1/s1. The largest absolute Gasteiger partial charge is 0.462 e. The topological polar surface area (TPSA) is 231 Å². The Morgan fingerprint density at radius 1 is 0.458 bits per heavy atom. The quantitative estimate of drug-likeness (QED) is 0.0171. The lowest BCUT2D eigenvalue weighted by atomic mass is 9.98. The summed E-state index contributed by atoms with van der Waals surface area (Å²) < 4.78 is 33.7. The SMILES string of the molecule is CCCCCCCC=C=CCCCCCCCC(=O)OC[C@H](CO[C@H]1O[C@@H](CO[C@H]2O[C@@H](CO)[C@@H](O)C(O)C2O)[C@@H](O)C(O)C1O)OC(=O)CCCCCCCCCCCCCCCCCCCCCCC. The molecule has 11 atom stereocenters. The number of ether oxygens (including phenoxy) is 6. The zero-order valence-electron chi connectivity index (χ0n) is 45.0. The van der Waals surface area contributed by atoms with E-state index >= 15 is 0 Å². The van der Waals surface area contributed by atoms with E-state index in [1.165, 1.54) is 141 Å². The number of allylic oxidation sites excluding steroid dienone is 1. The highest BCUT2D eigenvalue weighted by molar-refractivity contribution is 5.70. The zero-order chi connectivity index (χ0) is 52.4. The maximum atomic E-state index is 13.1. The molecule has 15 nitrogen and oxygen atoms in total. The van der Waals surface area contributed by atoms with Gasteiger partial charge in [-0.05, 0) is 50.7 Å². The van der Waals surface area contributed by atoms with Gasteiger partial charge in [0.15, 0.2) is 18.7 Å². The maximum Gasteiger partial charge on any atom is 0.306 e. The number of aliphatic hydroxyl groups excluding tert-OH is 7. The molecule has 0 aromatic heterocycles. The minimum Gasteiger partial charge on any atom is -0.462 e. The number of carbonyl (C=O) groups is 2. The van der Waals surface area contributed by atoms with E-state index in [4.69, 9.17) is 28.4 Å². The summed E-state index contributed by atoms with van der Waals surface area (Å²) in [6.45, 7) is 2.60. The molecule has 2 fully saturated rings. The molecular formula is C57H104O15. The van der Waals surface area contributed by atoms with Crippen molar-refractivity contribution in [2.45, 2.75) is 306 Å². The summed E-state index contributed by atoms with van der Waals surface area (Å²) in [4.78, 5) is 25.9. The molecule has 0 saturated carbocycles. The Labute approximate surface area is 434 Å². The molecule has 2 rings (SSSR count). The smallest absolute Gasteiger partial charge is 0.306 e. The van der Waals surface area contributed by atoms with Crippen molar-refractivity contribution in [2.24, 2.45) is 0 Å². The van der Waals surface area contributed by atoms with Crippen molar-refractivity contribution in [3.63, 3.8) is 0 Å². The normalized spacial score (nSPS) is 24.7. The minimum atomic E-state index is -1.77. The zero-order valence-corrected chi connectivity index (χ0v) is 45.0. The average Bonchev–Trinajstić information content (AvgIpc) is 3.37. The third-order valence-corrected chi connectivity index (χ3v) is 14.0. The van der Waals surface area contributed by atoms with Crippen molar-refractivity contribution in [3.8, 4) is 0 Å². The second-order valence-electron chi connectivity index (χ2n) is 20.6. The molecule has 2 heterocycles. The highest BCUT2D eigenvalue weighted by Gasteiger charge is 2.47. The Hall–Kier alpha value is -1.98. The van der Waals surface area contributed by atoms with E-state index in [1.54, 1.807) is 0 Å². The molecule has 0 bridgehead atoms. The van der Waals surface area contributed by atoms with Crippen LogP contribution in [0, 0.1) is 0 Å². The highest BCUT2D eigenvalue weighted by atomic mass is 16.7. The number of unbranched alkanes of at least 4 members (excludes halogenated alkanes) is 30. The summed E-state index contributed by atoms with van der Waals surface area (Å²) in [5.41, 5.74) is 3.29. The van der Waals surface area contributed by atoms with E-state index < -0.39 is 92.7 Å². The third-order valence-electron chi connectivity index (χ3n) is 14.0. The van der Waals surface area contributed by atoms with Crippen LogP contribution < -0.4 is 0 Å². The Kier molecular flexibility index (Phi) is 40.6. The van der Waals surface area contributed by atoms with Gasteiger partial charge in [-0.2, -0.15) is 0 Å². The van der Waals surface area contributed by atoms with Crippen molar-refractivity contribution in [3.05, 3.63) is 17.9 Å². The van der Waals surface area contributed by atoms with E-state index in [0.717, 1.165) is 57.8 Å². The fourth-order valence-corrected chi connectivity index (χ4v) is 9.26. The molecule has 2 saturated heterocycles. The molecule has 15 heteroatoms. The molecule has 0 aromatic rings. The van der Waals surface area contributed by atoms with Crippen LogP contribution in [0.3, 0.4) is 0 Å². The molecule has 422 valence electrons. The summed E-state index contributed by atoms with van der Waals surface area (Å²) in [5, 5.41) is 72.2. The molecule has 72 heavy (non-hydrogen) atoms. The molecule has 0 spiro atoms. The summed E-state index contributed by atoms with van der Waals surface area (Å²) in [6.07, 6.45) is 27.3. The number of rotatable bonds is 46. The Balaban J connectivity index is 1.75. The lowest BCUT2D eigenvalue weighted by Crippen LogP contribution is -2.61. The first-order valence-electron chi connectivity index (χ1n) is 29.0. The van der Waals surface area contributed by atoms with Crippen LogP contribution in [0.5, 0.6) is 0 Å². The summed E-state index contributed by atoms with van der Waals surface area (Å²) >= 11 is 0. The number of carbonyl (C=O) groups excluding carboxylic acids is 2. The molecule has 7 N–H and O–H groups in total. The Morgan fingerprint density at radius 2 is 0.833 bits per heavy atom. The average molecular weight is 1030 g/mol. The lowest BCUT2D eigenvalue weighted by Gasteiger charge is -2.42. The van der Waals surface area contributed by atoms with Crippen LogP contribution >= 0.6 is 0 Å². The molecule has 0 radical (unpaired) electrons. The predicted octanol–water partition coefficient (Wildman–Crippen LogP) is 9.49. The van der Waals surface area contributed by atoms with Gasteiger partial charge in [-0.15, -0.1) is 5.73 Å². The van der Waals surface area contributed by atoms with Crippen LogP contribution in [0.25, 0.3) is 0 Å². The number of esters is 2. The number of aliphatic hydroxyl groups is 7. The molecule has 0 aliphatic carbocycles. The molecule has 4 unspecified atom stereocenters. The predicted molar refractivity (Wildman–Crippen MR) is 279 cm³/mol. The minimum absolute atomic E-state index is 0.166. The lowest BCUT2D eigenvalue weighted by molar-refractivity contribution is -0.332. The van der Waals surface area contributed by atoms with Crippen LogP contribution in [-0.4, -0.2) is 142 Å². The van der Waals surface area contributed by atoms with Gasteiger partial charge in [0.2, 0.25) is 0 Å². The molecule has 0 aromatic carbocycles. The Morgan fingerprint density at radius 3 is 1.28 bits per heavy atom. The van der Waals surface area contributed by atoms with Gasteiger partial charge in [-0.25, -0.2) is 0 Å². The van der Waals surface area contributed by atoms with Crippen molar-refractivity contribution in [2.75, 3.05) is 26.4 Å². The number of hydrogen-bond donors (Lipinski definition) is 7. The van der Waals surface area contributed by atoms with Gasteiger partial charge in [0, 0.05) is 12.8 Å². The van der Waals surface area contributed by atoms with Crippen LogP contribution in [0.4, 0.5) is 0 Å². The van der Waals surface area contributed by atoms with Gasteiger partial charge in [0.25, 0.3) is 0 Å². The van der Waals surface area contributed by atoms with Crippen molar-refractivity contribution in [1.82, 2.24) is 0 Å². The molecule has 2 aliphatic rings. The van der Waals surface area contributed by atoms with Crippen LogP contribution in [0.15, 0.2) is 17.9 Å². The van der Waals surface area contributed by atoms with E-state index in [1.807, 2.05) is 0 Å². The second kappa shape index (κ2) is 44.2. The fourth-order valence-electron chi connectivity index (χ4n) is 9.26. The fraction of sp³-hybridized carbons (Fsp3) is 0.912. The van der Waals surface area contributed by atoms with Crippen molar-refractivity contribution in [1.29, 1.82) is 0 Å². The maximum absolute atomic E-state index is 13.1. The summed E-state index contributed by atoms with van der Waals surface area (Å²) in [7, 11) is 0. The van der Waals surface area contributed by atoms with E-state index in [-0.39, 0.29) is 26.1 Å². The van der Waals surface area contributed by atoms with Crippen LogP contribution in [0.1, 0.15) is 239 Å². The van der Waals surface area contributed by atoms with E-state index in [2.05, 4.69) is 31.7 Å². The third kappa shape index (κ3) is 31.2. The monoisotopic (exact) mass is 1030 g/mol. The first kappa shape index (κ1) is 66.1. The first-order valence-corrected chi connectivity index (χ1v) is 29.0. The summed E-state index contributed by atoms with van der Waals surface area (Å²) in [6, 6.07) is 0. The molecule has 0 amide bonds. The van der Waals surface area contributed by atoms with Crippen LogP contribution in [-0.2, 0) is 38.0 Å².